The van der Waals surface area contributed by atoms with E-state index in [-0.39, 0.29) is 17.4 Å². The number of rotatable bonds is 5. The van der Waals surface area contributed by atoms with E-state index in [4.69, 9.17) is 11.6 Å². The first kappa shape index (κ1) is 18.4. The molecule has 136 valence electrons. The molecule has 0 aliphatic heterocycles. The molecule has 26 heavy (non-hydrogen) atoms. The lowest BCUT2D eigenvalue weighted by molar-refractivity contribution is -0.890. The molecule has 0 aliphatic rings. The van der Waals surface area contributed by atoms with Crippen LogP contribution in [0.1, 0.15) is 17.2 Å². The van der Waals surface area contributed by atoms with Crippen molar-refractivity contribution in [1.29, 1.82) is 0 Å². The van der Waals surface area contributed by atoms with Gasteiger partial charge in [-0.1, -0.05) is 23.7 Å². The monoisotopic (exact) mass is 375 g/mol. The van der Waals surface area contributed by atoms with Gasteiger partial charge in [-0.05, 0) is 30.7 Å². The van der Waals surface area contributed by atoms with Crippen LogP contribution in [0.5, 0.6) is 0 Å². The summed E-state index contributed by atoms with van der Waals surface area (Å²) in [5.41, 5.74) is 1.82. The Hall–Kier alpha value is -2.44. The number of nitrogens with zero attached hydrogens (tertiary/aromatic N) is 2. The van der Waals surface area contributed by atoms with E-state index in [1.165, 1.54) is 16.5 Å². The number of aryl methyl sites for hydroxylation is 1. The van der Waals surface area contributed by atoms with Crippen molar-refractivity contribution < 1.29 is 9.29 Å². The molecule has 0 saturated carbocycles. The third-order valence-corrected chi connectivity index (χ3v) is 4.67. The topological polar surface area (TPSA) is 50.8 Å². The molecule has 5 nitrogen and oxygen atoms in total. The number of nitrogens with one attached hydrogen (secondary N) is 2. The highest BCUT2D eigenvalue weighted by Gasteiger charge is 2.24. The van der Waals surface area contributed by atoms with Crippen LogP contribution in [-0.4, -0.2) is 30.0 Å². The van der Waals surface area contributed by atoms with Gasteiger partial charge in [-0.2, -0.15) is 0 Å². The fraction of sp³-hybridized carbons (Fsp3) is 0.263. The minimum Gasteiger partial charge on any atom is -0.363 e. The van der Waals surface area contributed by atoms with E-state index in [2.05, 4.69) is 10.3 Å². The molecule has 7 heteroatoms. The van der Waals surface area contributed by atoms with E-state index < -0.39 is 0 Å². The average molecular weight is 376 g/mol. The van der Waals surface area contributed by atoms with Gasteiger partial charge in [0.1, 0.15) is 23.3 Å². The SMILES string of the molecule is Cc1ccc2nc(NC[C@H](c3c(F)cccc3Cl)[NH+](C)C)cc(=O)n2c1. The maximum absolute atomic E-state index is 14.3. The quantitative estimate of drug-likeness (QED) is 0.718. The Kier molecular flexibility index (Phi) is 5.25. The molecule has 3 rings (SSSR count). The summed E-state index contributed by atoms with van der Waals surface area (Å²) in [6.45, 7) is 2.30. The summed E-state index contributed by atoms with van der Waals surface area (Å²) < 4.78 is 15.8. The minimum atomic E-state index is -0.340. The van der Waals surface area contributed by atoms with Crippen LogP contribution in [0.15, 0.2) is 47.4 Å². The van der Waals surface area contributed by atoms with Crippen LogP contribution >= 0.6 is 11.6 Å². The van der Waals surface area contributed by atoms with Crippen molar-refractivity contribution >= 4 is 23.1 Å². The van der Waals surface area contributed by atoms with Gasteiger partial charge in [0.25, 0.3) is 5.56 Å². The van der Waals surface area contributed by atoms with E-state index in [9.17, 15) is 9.18 Å². The maximum Gasteiger partial charge on any atom is 0.259 e. The smallest absolute Gasteiger partial charge is 0.259 e. The molecular weight excluding hydrogens is 355 g/mol. The highest BCUT2D eigenvalue weighted by atomic mass is 35.5. The summed E-state index contributed by atoms with van der Waals surface area (Å²) >= 11 is 6.22. The molecule has 0 unspecified atom stereocenters. The molecule has 1 atom stereocenters. The van der Waals surface area contributed by atoms with Gasteiger partial charge in [0, 0.05) is 12.3 Å². The second kappa shape index (κ2) is 7.43. The molecule has 0 saturated heterocycles. The Bertz CT molecular complexity index is 982. The van der Waals surface area contributed by atoms with E-state index in [0.29, 0.717) is 28.6 Å². The third kappa shape index (κ3) is 3.71. The Morgan fingerprint density at radius 2 is 2.08 bits per heavy atom. The lowest BCUT2D eigenvalue weighted by Crippen LogP contribution is -3.06. The van der Waals surface area contributed by atoms with Gasteiger partial charge in [0.15, 0.2) is 0 Å². The Balaban J connectivity index is 1.90. The van der Waals surface area contributed by atoms with Crippen molar-refractivity contribution in [3.05, 3.63) is 74.9 Å². The minimum absolute atomic E-state index is 0.168. The maximum atomic E-state index is 14.3. The van der Waals surface area contributed by atoms with Crippen LogP contribution in [0.25, 0.3) is 5.65 Å². The lowest BCUT2D eigenvalue weighted by atomic mass is 10.1. The molecule has 2 heterocycles. The lowest BCUT2D eigenvalue weighted by Gasteiger charge is -2.23. The number of benzene rings is 1. The number of anilines is 1. The van der Waals surface area contributed by atoms with Crippen molar-refractivity contribution in [1.82, 2.24) is 9.38 Å². The van der Waals surface area contributed by atoms with Crippen LogP contribution in [0, 0.1) is 12.7 Å². The first-order chi connectivity index (χ1) is 12.4. The average Bonchev–Trinajstić information content (AvgIpc) is 2.58. The van der Waals surface area contributed by atoms with Gasteiger partial charge < -0.3 is 10.2 Å². The van der Waals surface area contributed by atoms with Crippen LogP contribution < -0.4 is 15.8 Å². The van der Waals surface area contributed by atoms with E-state index in [1.807, 2.05) is 27.1 Å². The van der Waals surface area contributed by atoms with Gasteiger partial charge in [-0.25, -0.2) is 9.37 Å². The second-order valence-corrected chi connectivity index (χ2v) is 6.97. The summed E-state index contributed by atoms with van der Waals surface area (Å²) in [7, 11) is 3.86. The summed E-state index contributed by atoms with van der Waals surface area (Å²) in [6.07, 6.45) is 1.75. The molecule has 2 N–H and O–H groups in total. The molecule has 0 fully saturated rings. The summed E-state index contributed by atoms with van der Waals surface area (Å²) in [6, 6.07) is 9.57. The number of likely N-dealkylation sites (N-methyl/N-ethyl adjacent to an activating group) is 1. The Labute approximate surface area is 156 Å². The van der Waals surface area contributed by atoms with Crippen LogP contribution in [0.2, 0.25) is 5.02 Å². The fourth-order valence-corrected chi connectivity index (χ4v) is 3.24. The molecule has 0 spiro atoms. The molecule has 1 aromatic carbocycles. The normalized spacial score (nSPS) is 12.5. The van der Waals surface area contributed by atoms with Crippen molar-refractivity contribution in [2.24, 2.45) is 0 Å². The molecule has 0 amide bonds. The summed E-state index contributed by atoms with van der Waals surface area (Å²) in [5, 5.41) is 3.54. The van der Waals surface area contributed by atoms with Gasteiger partial charge in [-0.15, -0.1) is 0 Å². The van der Waals surface area contributed by atoms with Crippen molar-refractivity contribution in [2.45, 2.75) is 13.0 Å². The predicted molar refractivity (Wildman–Crippen MR) is 102 cm³/mol. The first-order valence-corrected chi connectivity index (χ1v) is 8.72. The third-order valence-electron chi connectivity index (χ3n) is 4.34. The molecule has 0 aliphatic carbocycles. The van der Waals surface area contributed by atoms with Gasteiger partial charge in [0.2, 0.25) is 0 Å². The molecule has 2 aromatic heterocycles. The zero-order valence-electron chi connectivity index (χ0n) is 14.9. The van der Waals surface area contributed by atoms with E-state index in [0.717, 1.165) is 10.5 Å². The Morgan fingerprint density at radius 3 is 2.77 bits per heavy atom. The highest BCUT2D eigenvalue weighted by Crippen LogP contribution is 2.24. The van der Waals surface area contributed by atoms with Crippen LogP contribution in [0.4, 0.5) is 10.2 Å². The van der Waals surface area contributed by atoms with Crippen LogP contribution in [0.3, 0.4) is 0 Å². The number of quaternary nitrogens is 1. The van der Waals surface area contributed by atoms with Gasteiger partial charge in [-0.3, -0.25) is 9.20 Å². The molecule has 0 radical (unpaired) electrons. The van der Waals surface area contributed by atoms with Crippen molar-refractivity contribution in [2.75, 3.05) is 26.0 Å². The number of aromatic nitrogens is 2. The molecular formula is C19H21ClFN4O+. The summed E-state index contributed by atoms with van der Waals surface area (Å²) in [5.74, 6) is 0.116. The number of halogens is 2. The summed E-state index contributed by atoms with van der Waals surface area (Å²) in [4.78, 5) is 17.8. The van der Waals surface area contributed by atoms with Crippen LogP contribution in [-0.2, 0) is 0 Å². The van der Waals surface area contributed by atoms with E-state index in [1.54, 1.807) is 24.4 Å². The number of fused-ring (bicyclic) bond motifs is 1. The van der Waals surface area contributed by atoms with Crippen molar-refractivity contribution in [3.8, 4) is 0 Å². The van der Waals surface area contributed by atoms with Gasteiger partial charge >= 0.3 is 0 Å². The predicted octanol–water partition coefficient (Wildman–Crippen LogP) is 2.09. The number of pyridine rings is 1. The molecule has 3 aromatic rings. The number of hydrogen-bond donors (Lipinski definition) is 2. The highest BCUT2D eigenvalue weighted by molar-refractivity contribution is 6.31. The fourth-order valence-electron chi connectivity index (χ4n) is 2.94. The largest absolute Gasteiger partial charge is 0.363 e. The van der Waals surface area contributed by atoms with Crippen molar-refractivity contribution in [3.63, 3.8) is 0 Å². The van der Waals surface area contributed by atoms with Gasteiger partial charge in [0.05, 0.1) is 31.2 Å². The second-order valence-electron chi connectivity index (χ2n) is 6.56. The standard InChI is InChI=1S/C19H20ClFN4O/c1-12-7-8-17-23-16(9-18(26)25(17)11-12)22-10-15(24(2)3)19-13(20)5-4-6-14(19)21/h4-9,11,15,22H,10H2,1-3H3/p+1/t15-/m1/s1. The molecule has 0 bridgehead atoms. The van der Waals surface area contributed by atoms with E-state index >= 15 is 0 Å². The first-order valence-electron chi connectivity index (χ1n) is 8.34. The number of hydrogen-bond acceptors (Lipinski definition) is 3. The Morgan fingerprint density at radius 1 is 1.31 bits per heavy atom. The zero-order valence-corrected chi connectivity index (χ0v) is 15.6. The zero-order chi connectivity index (χ0) is 18.8.